The van der Waals surface area contributed by atoms with Crippen LogP contribution in [0.3, 0.4) is 0 Å². The number of fused-ring (bicyclic) bond motifs is 1. The molecule has 0 spiro atoms. The fourth-order valence-electron chi connectivity index (χ4n) is 2.07. The molecule has 2 N–H and O–H groups in total. The molecule has 0 aliphatic heterocycles. The Labute approximate surface area is 141 Å². The Morgan fingerprint density at radius 2 is 1.88 bits per heavy atom. The summed E-state index contributed by atoms with van der Waals surface area (Å²) in [5.41, 5.74) is 6.97. The first kappa shape index (κ1) is 17.3. The van der Waals surface area contributed by atoms with Crippen molar-refractivity contribution in [3.05, 3.63) is 66.0 Å². The average Bonchev–Trinajstić information content (AvgIpc) is 2.59. The van der Waals surface area contributed by atoms with Gasteiger partial charge in [-0.1, -0.05) is 30.3 Å². The molecule has 0 saturated heterocycles. The third-order valence-corrected chi connectivity index (χ3v) is 3.40. The molecular formula is C17H11ClF2N4. The van der Waals surface area contributed by atoms with E-state index < -0.39 is 11.6 Å². The van der Waals surface area contributed by atoms with Crippen LogP contribution in [0.25, 0.3) is 22.0 Å². The quantitative estimate of drug-likeness (QED) is 0.659. The van der Waals surface area contributed by atoms with E-state index in [0.29, 0.717) is 16.5 Å². The predicted octanol–water partition coefficient (Wildman–Crippen LogP) is 4.51. The van der Waals surface area contributed by atoms with Gasteiger partial charge in [-0.2, -0.15) is 5.26 Å². The summed E-state index contributed by atoms with van der Waals surface area (Å²) in [5.74, 6) is -0.927. The molecule has 1 heterocycles. The molecule has 2 aromatic carbocycles. The summed E-state index contributed by atoms with van der Waals surface area (Å²) in [7, 11) is 0. The zero-order chi connectivity index (χ0) is 17.7. The van der Waals surface area contributed by atoms with Crippen molar-refractivity contribution in [1.29, 1.82) is 5.26 Å². The summed E-state index contributed by atoms with van der Waals surface area (Å²) in [5, 5.41) is 7.88. The van der Waals surface area contributed by atoms with Crippen molar-refractivity contribution in [3.8, 4) is 17.2 Å². The number of halogens is 3. The highest BCUT2D eigenvalue weighted by atomic mass is 35.5. The van der Waals surface area contributed by atoms with Gasteiger partial charge in [-0.3, -0.25) is 0 Å². The van der Waals surface area contributed by atoms with Gasteiger partial charge >= 0.3 is 0 Å². The summed E-state index contributed by atoms with van der Waals surface area (Å²) in [6.45, 7) is 3.12. The second-order valence-corrected chi connectivity index (χ2v) is 4.95. The van der Waals surface area contributed by atoms with Crippen molar-refractivity contribution < 1.29 is 8.78 Å². The van der Waals surface area contributed by atoms with Crippen LogP contribution in [0.1, 0.15) is 0 Å². The molecule has 1 aromatic heterocycles. The molecule has 0 unspecified atom stereocenters. The third kappa shape index (κ3) is 3.47. The monoisotopic (exact) mass is 344 g/mol. The Bertz CT molecular complexity index is 951. The number of aromatic nitrogens is 2. The van der Waals surface area contributed by atoms with Crippen LogP contribution in [0, 0.1) is 23.0 Å². The van der Waals surface area contributed by atoms with Crippen LogP contribution in [0.15, 0.2) is 49.3 Å². The fraction of sp³-hybridized carbons (Fsp3) is 0. The maximum Gasteiger partial charge on any atom is 0.149 e. The van der Waals surface area contributed by atoms with Gasteiger partial charge in [-0.15, -0.1) is 0 Å². The smallest absolute Gasteiger partial charge is 0.149 e. The Hall–Kier alpha value is -3.04. The number of nitrogen functional groups attached to an aromatic ring is 1. The van der Waals surface area contributed by atoms with E-state index in [1.165, 1.54) is 36.7 Å². The standard InChI is InChI=1S/C14H8ClF2N3.C3H3N/c15-9-3-1-7(5-11(9)17)8-2-4-10(16)13-12(8)14(18)20-6-19-13;1-2-3-4/h1-6H,(H2,18,19,20);2H,1H2. The van der Waals surface area contributed by atoms with Gasteiger partial charge in [-0.05, 0) is 29.3 Å². The highest BCUT2D eigenvalue weighted by Crippen LogP contribution is 2.33. The molecule has 24 heavy (non-hydrogen) atoms. The largest absolute Gasteiger partial charge is 0.383 e. The second kappa shape index (κ2) is 7.49. The molecule has 0 aliphatic rings. The number of nitriles is 1. The fourth-order valence-corrected chi connectivity index (χ4v) is 2.19. The van der Waals surface area contributed by atoms with Crippen molar-refractivity contribution in [2.75, 3.05) is 5.73 Å². The number of anilines is 1. The van der Waals surface area contributed by atoms with Gasteiger partial charge in [0.25, 0.3) is 0 Å². The van der Waals surface area contributed by atoms with E-state index in [4.69, 9.17) is 22.6 Å². The molecule has 7 heteroatoms. The number of allylic oxidation sites excluding steroid dienone is 1. The summed E-state index contributed by atoms with van der Waals surface area (Å²) < 4.78 is 27.3. The van der Waals surface area contributed by atoms with E-state index >= 15 is 0 Å². The Balaban J connectivity index is 0.000000471. The summed E-state index contributed by atoms with van der Waals surface area (Å²) in [6.07, 6.45) is 2.37. The number of nitrogens with zero attached hydrogens (tertiary/aromatic N) is 3. The maximum atomic E-state index is 13.8. The maximum absolute atomic E-state index is 13.8. The lowest BCUT2D eigenvalue weighted by Crippen LogP contribution is -1.97. The normalized spacial score (nSPS) is 9.75. The first-order valence-corrected chi connectivity index (χ1v) is 7.02. The van der Waals surface area contributed by atoms with Crippen molar-refractivity contribution >= 4 is 28.3 Å². The topological polar surface area (TPSA) is 75.6 Å². The van der Waals surface area contributed by atoms with E-state index in [2.05, 4.69) is 16.5 Å². The third-order valence-electron chi connectivity index (χ3n) is 3.09. The van der Waals surface area contributed by atoms with E-state index in [9.17, 15) is 8.78 Å². The molecular weight excluding hydrogens is 334 g/mol. The molecule has 4 nitrogen and oxygen atoms in total. The molecule has 0 aliphatic carbocycles. The van der Waals surface area contributed by atoms with E-state index in [-0.39, 0.29) is 16.4 Å². The minimum absolute atomic E-state index is 0.0180. The Morgan fingerprint density at radius 1 is 1.17 bits per heavy atom. The van der Waals surface area contributed by atoms with Crippen LogP contribution in [-0.4, -0.2) is 9.97 Å². The zero-order valence-corrected chi connectivity index (χ0v) is 13.1. The molecule has 120 valence electrons. The van der Waals surface area contributed by atoms with Crippen molar-refractivity contribution in [2.24, 2.45) is 0 Å². The SMILES string of the molecule is C=CC#N.Nc1ncnc2c(F)ccc(-c3ccc(Cl)c(F)c3)c12. The summed E-state index contributed by atoms with van der Waals surface area (Å²) >= 11 is 5.66. The minimum atomic E-state index is -0.558. The van der Waals surface area contributed by atoms with Crippen LogP contribution in [-0.2, 0) is 0 Å². The van der Waals surface area contributed by atoms with E-state index in [1.54, 1.807) is 12.1 Å². The van der Waals surface area contributed by atoms with Crippen LogP contribution in [0.2, 0.25) is 5.02 Å². The van der Waals surface area contributed by atoms with Crippen LogP contribution in [0.4, 0.5) is 14.6 Å². The molecule has 0 fully saturated rings. The molecule has 0 radical (unpaired) electrons. The molecule has 0 saturated carbocycles. The van der Waals surface area contributed by atoms with Crippen LogP contribution < -0.4 is 5.73 Å². The summed E-state index contributed by atoms with van der Waals surface area (Å²) in [4.78, 5) is 7.74. The van der Waals surface area contributed by atoms with Gasteiger partial charge in [0.05, 0.1) is 16.5 Å². The molecule has 0 atom stereocenters. The molecule has 0 bridgehead atoms. The van der Waals surface area contributed by atoms with Gasteiger partial charge in [0.15, 0.2) is 0 Å². The lowest BCUT2D eigenvalue weighted by atomic mass is 10.0. The molecule has 0 amide bonds. The number of benzene rings is 2. The lowest BCUT2D eigenvalue weighted by molar-refractivity contribution is 0.629. The van der Waals surface area contributed by atoms with Gasteiger partial charge < -0.3 is 5.73 Å². The van der Waals surface area contributed by atoms with Gasteiger partial charge in [0, 0.05) is 6.08 Å². The highest BCUT2D eigenvalue weighted by molar-refractivity contribution is 6.30. The average molecular weight is 345 g/mol. The highest BCUT2D eigenvalue weighted by Gasteiger charge is 2.13. The van der Waals surface area contributed by atoms with Gasteiger partial charge in [0.1, 0.15) is 29.3 Å². The van der Waals surface area contributed by atoms with Crippen LogP contribution >= 0.6 is 11.6 Å². The number of rotatable bonds is 1. The molecule has 3 rings (SSSR count). The van der Waals surface area contributed by atoms with Crippen molar-refractivity contribution in [3.63, 3.8) is 0 Å². The second-order valence-electron chi connectivity index (χ2n) is 4.54. The number of hydrogen-bond donors (Lipinski definition) is 1. The van der Waals surface area contributed by atoms with E-state index in [0.717, 1.165) is 0 Å². The van der Waals surface area contributed by atoms with Gasteiger partial charge in [0.2, 0.25) is 0 Å². The van der Waals surface area contributed by atoms with Crippen LogP contribution in [0.5, 0.6) is 0 Å². The Kier molecular flexibility index (Phi) is 5.40. The first-order valence-electron chi connectivity index (χ1n) is 6.64. The predicted molar refractivity (Wildman–Crippen MR) is 90.1 cm³/mol. The summed E-state index contributed by atoms with van der Waals surface area (Å²) in [6, 6.07) is 8.80. The molecule has 3 aromatic rings. The van der Waals surface area contributed by atoms with Crippen molar-refractivity contribution in [2.45, 2.75) is 0 Å². The van der Waals surface area contributed by atoms with Crippen molar-refractivity contribution in [1.82, 2.24) is 9.97 Å². The number of nitrogens with two attached hydrogens (primary N) is 1. The number of hydrogen-bond acceptors (Lipinski definition) is 4. The lowest BCUT2D eigenvalue weighted by Gasteiger charge is -2.09. The van der Waals surface area contributed by atoms with E-state index in [1.807, 2.05) is 0 Å². The zero-order valence-electron chi connectivity index (χ0n) is 12.3. The minimum Gasteiger partial charge on any atom is -0.383 e. The first-order chi connectivity index (χ1) is 11.5. The van der Waals surface area contributed by atoms with Gasteiger partial charge in [-0.25, -0.2) is 18.7 Å². The Morgan fingerprint density at radius 3 is 2.50 bits per heavy atom.